The van der Waals surface area contributed by atoms with Gasteiger partial charge in [0.1, 0.15) is 0 Å². The summed E-state index contributed by atoms with van der Waals surface area (Å²) in [4.78, 5) is 53.2. The summed E-state index contributed by atoms with van der Waals surface area (Å²) < 4.78 is 10.8. The maximum absolute atomic E-state index is 13.0. The number of nitrogens with zero attached hydrogens (tertiary/aromatic N) is 7. The molecule has 41 heavy (non-hydrogen) atoms. The van der Waals surface area contributed by atoms with Crippen LogP contribution in [0.15, 0.2) is 30.6 Å². The molecule has 14 nitrogen and oxygen atoms in total. The minimum atomic E-state index is -0.669. The molecule has 14 heteroatoms. The van der Waals surface area contributed by atoms with Crippen LogP contribution in [0.5, 0.6) is 0 Å². The smallest absolute Gasteiger partial charge is 0.378 e. The molecule has 2 fully saturated rings. The van der Waals surface area contributed by atoms with Gasteiger partial charge in [0.15, 0.2) is 5.82 Å². The number of fused-ring (bicyclic) bond motifs is 1. The summed E-state index contributed by atoms with van der Waals surface area (Å²) in [7, 11) is 0. The zero-order chi connectivity index (χ0) is 28.3. The molecule has 3 aromatic rings. The maximum Gasteiger partial charge on any atom is 0.436 e. The Hall–Kier alpha value is -4.56. The standard InChI is InChI=1S/C27H31N9O5/c1-17-14-18(24(37)34-6-10-39-11-7-34)2-3-21(17)31-27(38)41-36-5-4-20-22(19-15-29-25(28)30-16-19)32-26(33-23(20)36)35-8-12-40-13-9-35/h2-3,14-16H,4-13H2,1H3,(H,31,38)(H2,28,29,30). The van der Waals surface area contributed by atoms with Gasteiger partial charge in [-0.05, 0) is 37.1 Å². The average Bonchev–Trinajstić information content (AvgIpc) is 3.41. The van der Waals surface area contributed by atoms with Crippen LogP contribution < -0.4 is 21.0 Å². The Bertz CT molecular complexity index is 1440. The Balaban J connectivity index is 1.20. The fourth-order valence-corrected chi connectivity index (χ4v) is 5.03. The number of benzene rings is 1. The van der Waals surface area contributed by atoms with Crippen LogP contribution in [0.4, 0.5) is 28.2 Å². The third-order valence-corrected chi connectivity index (χ3v) is 7.22. The van der Waals surface area contributed by atoms with Crippen LogP contribution in [0.25, 0.3) is 11.3 Å². The molecule has 214 valence electrons. The van der Waals surface area contributed by atoms with Gasteiger partial charge in [0, 0.05) is 61.0 Å². The van der Waals surface area contributed by atoms with Crippen molar-refractivity contribution in [2.75, 3.05) is 80.2 Å². The van der Waals surface area contributed by atoms with Crippen LogP contribution in [-0.4, -0.2) is 96.0 Å². The summed E-state index contributed by atoms with van der Waals surface area (Å²) in [5.74, 6) is 1.12. The number of aryl methyl sites for hydroxylation is 1. The van der Waals surface area contributed by atoms with Gasteiger partial charge in [0.25, 0.3) is 5.91 Å². The number of morpholine rings is 2. The lowest BCUT2D eigenvalue weighted by Gasteiger charge is -2.28. The van der Waals surface area contributed by atoms with Gasteiger partial charge in [0.05, 0.1) is 38.7 Å². The molecule has 1 aromatic carbocycles. The number of aromatic nitrogens is 4. The van der Waals surface area contributed by atoms with E-state index in [-0.39, 0.29) is 11.9 Å². The van der Waals surface area contributed by atoms with E-state index >= 15 is 0 Å². The molecule has 3 N–H and O–H groups in total. The molecule has 0 radical (unpaired) electrons. The molecule has 0 unspecified atom stereocenters. The molecule has 0 saturated carbocycles. The van der Waals surface area contributed by atoms with Gasteiger partial charge >= 0.3 is 6.09 Å². The number of carbonyl (C=O) groups excluding carboxylic acids is 2. The minimum absolute atomic E-state index is 0.0581. The second-order valence-corrected chi connectivity index (χ2v) is 9.89. The summed E-state index contributed by atoms with van der Waals surface area (Å²) in [6.45, 7) is 6.84. The van der Waals surface area contributed by atoms with Gasteiger partial charge in [0.2, 0.25) is 11.9 Å². The number of carbonyl (C=O) groups is 2. The van der Waals surface area contributed by atoms with Crippen LogP contribution in [-0.2, 0) is 20.7 Å². The fourth-order valence-electron chi connectivity index (χ4n) is 5.03. The molecule has 2 saturated heterocycles. The molecule has 0 spiro atoms. The first-order valence-corrected chi connectivity index (χ1v) is 13.5. The highest BCUT2D eigenvalue weighted by molar-refractivity contribution is 5.96. The summed E-state index contributed by atoms with van der Waals surface area (Å²) >= 11 is 0. The molecule has 5 heterocycles. The van der Waals surface area contributed by atoms with E-state index in [9.17, 15) is 9.59 Å². The highest BCUT2D eigenvalue weighted by atomic mass is 16.7. The highest BCUT2D eigenvalue weighted by Gasteiger charge is 2.31. The lowest BCUT2D eigenvalue weighted by molar-refractivity contribution is 0.0303. The molecule has 3 aliphatic heterocycles. The fraction of sp³-hybridized carbons (Fsp3) is 0.407. The third-order valence-electron chi connectivity index (χ3n) is 7.22. The van der Waals surface area contributed by atoms with Crippen molar-refractivity contribution in [2.45, 2.75) is 13.3 Å². The van der Waals surface area contributed by atoms with E-state index in [4.69, 9.17) is 30.0 Å². The molecule has 2 aromatic heterocycles. The zero-order valence-electron chi connectivity index (χ0n) is 22.7. The van der Waals surface area contributed by atoms with Crippen molar-refractivity contribution < 1.29 is 23.9 Å². The number of rotatable bonds is 5. The van der Waals surface area contributed by atoms with Gasteiger partial charge in [-0.25, -0.2) is 19.7 Å². The van der Waals surface area contributed by atoms with Crippen molar-refractivity contribution in [1.82, 2.24) is 24.8 Å². The Morgan fingerprint density at radius 2 is 1.68 bits per heavy atom. The molecular weight excluding hydrogens is 530 g/mol. The van der Waals surface area contributed by atoms with Gasteiger partial charge < -0.3 is 29.8 Å². The van der Waals surface area contributed by atoms with Crippen LogP contribution in [0.2, 0.25) is 0 Å². The first-order valence-electron chi connectivity index (χ1n) is 13.5. The lowest BCUT2D eigenvalue weighted by Crippen LogP contribution is -2.40. The molecule has 3 aliphatic rings. The van der Waals surface area contributed by atoms with E-state index < -0.39 is 6.09 Å². The first kappa shape index (κ1) is 26.7. The molecule has 0 bridgehead atoms. The lowest BCUT2D eigenvalue weighted by atomic mass is 10.1. The monoisotopic (exact) mass is 561 g/mol. The molecule has 6 rings (SSSR count). The van der Waals surface area contributed by atoms with Crippen LogP contribution in [0.1, 0.15) is 21.5 Å². The Morgan fingerprint density at radius 3 is 2.39 bits per heavy atom. The van der Waals surface area contributed by atoms with Crippen molar-refractivity contribution in [3.05, 3.63) is 47.3 Å². The zero-order valence-corrected chi connectivity index (χ0v) is 22.7. The van der Waals surface area contributed by atoms with Crippen LogP contribution in [0, 0.1) is 6.92 Å². The van der Waals surface area contributed by atoms with Gasteiger partial charge in [-0.3, -0.25) is 10.1 Å². The average molecular weight is 562 g/mol. The SMILES string of the molecule is Cc1cc(C(=O)N2CCOCC2)ccc1NC(=O)ON1CCc2c(-c3cnc(N)nc3)nc(N3CCOCC3)nc21. The number of ether oxygens (including phenoxy) is 2. The molecular formula is C27H31N9O5. The maximum atomic E-state index is 13.0. The second-order valence-electron chi connectivity index (χ2n) is 9.89. The number of hydroxylamine groups is 1. The predicted octanol–water partition coefficient (Wildman–Crippen LogP) is 1.66. The third kappa shape index (κ3) is 5.69. The summed E-state index contributed by atoms with van der Waals surface area (Å²) in [6, 6.07) is 5.18. The topological polar surface area (TPSA) is 161 Å². The van der Waals surface area contributed by atoms with E-state index in [1.54, 1.807) is 35.5 Å². The number of anilines is 4. The number of amides is 2. The van der Waals surface area contributed by atoms with Crippen molar-refractivity contribution in [1.29, 1.82) is 0 Å². The van der Waals surface area contributed by atoms with Crippen LogP contribution in [0.3, 0.4) is 0 Å². The Labute approximate surface area is 236 Å². The van der Waals surface area contributed by atoms with E-state index in [0.717, 1.165) is 11.1 Å². The van der Waals surface area contributed by atoms with E-state index in [1.165, 1.54) is 5.06 Å². The quantitative estimate of drug-likeness (QED) is 0.464. The number of nitrogens with two attached hydrogens (primary N) is 1. The van der Waals surface area contributed by atoms with Crippen molar-refractivity contribution in [2.24, 2.45) is 0 Å². The van der Waals surface area contributed by atoms with E-state index in [0.29, 0.717) is 99.8 Å². The van der Waals surface area contributed by atoms with Crippen molar-refractivity contribution >= 4 is 35.4 Å². The highest BCUT2D eigenvalue weighted by Crippen LogP contribution is 2.35. The molecule has 0 atom stereocenters. The van der Waals surface area contributed by atoms with E-state index in [2.05, 4.69) is 15.3 Å². The van der Waals surface area contributed by atoms with Crippen LogP contribution >= 0.6 is 0 Å². The van der Waals surface area contributed by atoms with Gasteiger partial charge in [-0.1, -0.05) is 0 Å². The summed E-state index contributed by atoms with van der Waals surface area (Å²) in [6.07, 6.45) is 3.14. The van der Waals surface area contributed by atoms with Gasteiger partial charge in [-0.15, -0.1) is 0 Å². The van der Waals surface area contributed by atoms with E-state index in [1.807, 2.05) is 11.8 Å². The number of nitrogen functional groups attached to an aromatic ring is 1. The predicted molar refractivity (Wildman–Crippen MR) is 150 cm³/mol. The molecule has 0 aliphatic carbocycles. The summed E-state index contributed by atoms with van der Waals surface area (Å²) in [5.41, 5.74) is 9.73. The Kier molecular flexibility index (Phi) is 7.48. The summed E-state index contributed by atoms with van der Waals surface area (Å²) in [5, 5.41) is 4.27. The van der Waals surface area contributed by atoms with Crippen molar-refractivity contribution in [3.8, 4) is 11.3 Å². The number of hydrogen-bond donors (Lipinski definition) is 2. The number of hydrogen-bond acceptors (Lipinski definition) is 12. The first-order chi connectivity index (χ1) is 20.0. The minimum Gasteiger partial charge on any atom is -0.378 e. The largest absolute Gasteiger partial charge is 0.436 e. The Morgan fingerprint density at radius 1 is 0.976 bits per heavy atom. The second kappa shape index (κ2) is 11.5. The molecule has 2 amide bonds. The van der Waals surface area contributed by atoms with Gasteiger partial charge in [-0.2, -0.15) is 10.0 Å². The van der Waals surface area contributed by atoms with Crippen molar-refractivity contribution in [3.63, 3.8) is 0 Å². The number of nitrogens with one attached hydrogen (secondary N) is 1. The normalized spacial score (nSPS) is 16.9.